The first-order valence-corrected chi connectivity index (χ1v) is 8.31. The minimum atomic E-state index is -3.20. The molecule has 0 aliphatic rings. The van der Waals surface area contributed by atoms with Crippen molar-refractivity contribution < 1.29 is 8.42 Å². The van der Waals surface area contributed by atoms with Crippen molar-refractivity contribution in [3.8, 4) is 0 Å². The summed E-state index contributed by atoms with van der Waals surface area (Å²) in [5.74, 6) is 0.185. The van der Waals surface area contributed by atoms with Crippen LogP contribution in [0.1, 0.15) is 36.9 Å². The average molecular weight is 284 g/mol. The van der Waals surface area contributed by atoms with Crippen molar-refractivity contribution in [2.75, 3.05) is 19.3 Å². The standard InChI is InChI=1S/C14H24N2O2S/c1-12-6-8-14(9-7-12)13(2)16-19(17,18)11-5-4-10-15-3/h6-9,13,15-16H,4-5,10-11H2,1-3H3. The van der Waals surface area contributed by atoms with Crippen molar-refractivity contribution in [3.63, 3.8) is 0 Å². The molecule has 0 radical (unpaired) electrons. The summed E-state index contributed by atoms with van der Waals surface area (Å²) >= 11 is 0. The molecule has 0 amide bonds. The first-order chi connectivity index (χ1) is 8.94. The maximum absolute atomic E-state index is 11.9. The van der Waals surface area contributed by atoms with Gasteiger partial charge in [0.1, 0.15) is 0 Å². The Morgan fingerprint density at radius 3 is 2.37 bits per heavy atom. The van der Waals surface area contributed by atoms with E-state index in [-0.39, 0.29) is 11.8 Å². The predicted molar refractivity (Wildman–Crippen MR) is 79.7 cm³/mol. The summed E-state index contributed by atoms with van der Waals surface area (Å²) in [4.78, 5) is 0. The Bertz CT molecular complexity index is 469. The molecule has 1 aromatic rings. The molecule has 0 spiro atoms. The van der Waals surface area contributed by atoms with Gasteiger partial charge in [-0.2, -0.15) is 0 Å². The van der Waals surface area contributed by atoms with Gasteiger partial charge >= 0.3 is 0 Å². The molecule has 19 heavy (non-hydrogen) atoms. The molecule has 0 aliphatic carbocycles. The van der Waals surface area contributed by atoms with Crippen LogP contribution in [0.15, 0.2) is 24.3 Å². The van der Waals surface area contributed by atoms with Crippen molar-refractivity contribution in [2.45, 2.75) is 32.7 Å². The molecule has 108 valence electrons. The van der Waals surface area contributed by atoms with Gasteiger partial charge in [0.05, 0.1) is 5.75 Å². The van der Waals surface area contributed by atoms with E-state index in [4.69, 9.17) is 0 Å². The largest absolute Gasteiger partial charge is 0.320 e. The highest BCUT2D eigenvalue weighted by atomic mass is 32.2. The highest BCUT2D eigenvalue weighted by Gasteiger charge is 2.15. The maximum Gasteiger partial charge on any atom is 0.212 e. The lowest BCUT2D eigenvalue weighted by molar-refractivity contribution is 0.562. The van der Waals surface area contributed by atoms with Gasteiger partial charge in [-0.05, 0) is 45.8 Å². The molecule has 1 atom stereocenters. The van der Waals surface area contributed by atoms with Crippen molar-refractivity contribution in [2.24, 2.45) is 0 Å². The Hall–Kier alpha value is -0.910. The van der Waals surface area contributed by atoms with E-state index in [2.05, 4.69) is 10.0 Å². The van der Waals surface area contributed by atoms with Crippen LogP contribution >= 0.6 is 0 Å². The van der Waals surface area contributed by atoms with Crippen LogP contribution in [0.4, 0.5) is 0 Å². The Morgan fingerprint density at radius 1 is 1.16 bits per heavy atom. The molecule has 0 fully saturated rings. The molecule has 0 saturated heterocycles. The fraction of sp³-hybridized carbons (Fsp3) is 0.571. The summed E-state index contributed by atoms with van der Waals surface area (Å²) in [7, 11) is -1.33. The second-order valence-corrected chi connectivity index (χ2v) is 6.75. The number of aryl methyl sites for hydroxylation is 1. The smallest absolute Gasteiger partial charge is 0.212 e. The first kappa shape index (κ1) is 16.1. The number of unbranched alkanes of at least 4 members (excludes halogenated alkanes) is 1. The molecule has 0 bridgehead atoms. The van der Waals surface area contributed by atoms with E-state index in [1.54, 1.807) is 0 Å². The topological polar surface area (TPSA) is 58.2 Å². The van der Waals surface area contributed by atoms with Crippen LogP contribution < -0.4 is 10.0 Å². The molecule has 5 heteroatoms. The fourth-order valence-electron chi connectivity index (χ4n) is 1.85. The van der Waals surface area contributed by atoms with E-state index in [1.807, 2.05) is 45.2 Å². The molecular weight excluding hydrogens is 260 g/mol. The molecule has 1 rings (SSSR count). The molecule has 1 aromatic carbocycles. The molecule has 0 aromatic heterocycles. The van der Waals surface area contributed by atoms with Crippen LogP contribution in [0.3, 0.4) is 0 Å². The summed E-state index contributed by atoms with van der Waals surface area (Å²) in [5.41, 5.74) is 2.16. The summed E-state index contributed by atoms with van der Waals surface area (Å²) in [6, 6.07) is 7.72. The van der Waals surface area contributed by atoms with Gasteiger partial charge in [0.25, 0.3) is 0 Å². The van der Waals surface area contributed by atoms with Gasteiger partial charge < -0.3 is 5.32 Å². The first-order valence-electron chi connectivity index (χ1n) is 6.66. The number of rotatable bonds is 8. The molecular formula is C14H24N2O2S. The van der Waals surface area contributed by atoms with E-state index >= 15 is 0 Å². The van der Waals surface area contributed by atoms with Gasteiger partial charge in [-0.1, -0.05) is 29.8 Å². The van der Waals surface area contributed by atoms with Gasteiger partial charge in [-0.15, -0.1) is 0 Å². The lowest BCUT2D eigenvalue weighted by atomic mass is 10.1. The third-order valence-corrected chi connectivity index (χ3v) is 4.56. The Labute approximate surface area is 116 Å². The SMILES string of the molecule is CNCCCCS(=O)(=O)NC(C)c1ccc(C)cc1. The van der Waals surface area contributed by atoms with Crippen LogP contribution in [-0.4, -0.2) is 27.8 Å². The second-order valence-electron chi connectivity index (χ2n) is 4.88. The highest BCUT2D eigenvalue weighted by Crippen LogP contribution is 2.14. The summed E-state index contributed by atoms with van der Waals surface area (Å²) in [6.45, 7) is 4.74. The van der Waals surface area contributed by atoms with Gasteiger partial charge in [0.15, 0.2) is 0 Å². The van der Waals surface area contributed by atoms with E-state index in [0.29, 0.717) is 6.42 Å². The second kappa shape index (κ2) is 7.62. The van der Waals surface area contributed by atoms with Crippen molar-refractivity contribution >= 4 is 10.0 Å². The molecule has 0 heterocycles. The molecule has 1 unspecified atom stereocenters. The quantitative estimate of drug-likeness (QED) is 0.718. The van der Waals surface area contributed by atoms with Crippen LogP contribution in [0.25, 0.3) is 0 Å². The van der Waals surface area contributed by atoms with E-state index in [0.717, 1.165) is 18.5 Å². The van der Waals surface area contributed by atoms with Gasteiger partial charge in [0, 0.05) is 6.04 Å². The van der Waals surface area contributed by atoms with Gasteiger partial charge in [-0.25, -0.2) is 13.1 Å². The molecule has 0 aliphatic heterocycles. The van der Waals surface area contributed by atoms with Crippen molar-refractivity contribution in [1.82, 2.24) is 10.0 Å². The number of hydrogen-bond donors (Lipinski definition) is 2. The maximum atomic E-state index is 11.9. The van der Waals surface area contributed by atoms with Crippen LogP contribution in [0.5, 0.6) is 0 Å². The molecule has 0 saturated carbocycles. The number of benzene rings is 1. The number of nitrogens with one attached hydrogen (secondary N) is 2. The predicted octanol–water partition coefficient (Wildman–Crippen LogP) is 1.98. The zero-order valence-electron chi connectivity index (χ0n) is 11.9. The van der Waals surface area contributed by atoms with Gasteiger partial charge in [-0.3, -0.25) is 0 Å². The zero-order chi connectivity index (χ0) is 14.3. The monoisotopic (exact) mass is 284 g/mol. The summed E-state index contributed by atoms with van der Waals surface area (Å²) in [6.07, 6.45) is 1.55. The lowest BCUT2D eigenvalue weighted by Crippen LogP contribution is -2.29. The third kappa shape index (κ3) is 6.18. The minimum absolute atomic E-state index is 0.185. The summed E-state index contributed by atoms with van der Waals surface area (Å²) < 4.78 is 26.5. The summed E-state index contributed by atoms with van der Waals surface area (Å²) in [5, 5.41) is 3.01. The zero-order valence-corrected chi connectivity index (χ0v) is 12.8. The minimum Gasteiger partial charge on any atom is -0.320 e. The van der Waals surface area contributed by atoms with Crippen LogP contribution in [0, 0.1) is 6.92 Å². The van der Waals surface area contributed by atoms with Crippen molar-refractivity contribution in [3.05, 3.63) is 35.4 Å². The lowest BCUT2D eigenvalue weighted by Gasteiger charge is -2.14. The number of sulfonamides is 1. The third-order valence-electron chi connectivity index (χ3n) is 3.02. The fourth-order valence-corrected chi connectivity index (χ4v) is 3.22. The Morgan fingerprint density at radius 2 is 1.79 bits per heavy atom. The average Bonchev–Trinajstić information content (AvgIpc) is 2.35. The Kier molecular flexibility index (Phi) is 6.48. The van der Waals surface area contributed by atoms with Crippen molar-refractivity contribution in [1.29, 1.82) is 0 Å². The van der Waals surface area contributed by atoms with Crippen LogP contribution in [-0.2, 0) is 10.0 Å². The normalized spacial score (nSPS) is 13.4. The van der Waals surface area contributed by atoms with E-state index in [1.165, 1.54) is 5.56 Å². The number of hydrogen-bond acceptors (Lipinski definition) is 3. The molecule has 4 nitrogen and oxygen atoms in total. The molecule has 2 N–H and O–H groups in total. The highest BCUT2D eigenvalue weighted by molar-refractivity contribution is 7.89. The van der Waals surface area contributed by atoms with Gasteiger partial charge in [0.2, 0.25) is 10.0 Å². The van der Waals surface area contributed by atoms with E-state index < -0.39 is 10.0 Å². The Balaban J connectivity index is 2.50. The van der Waals surface area contributed by atoms with E-state index in [9.17, 15) is 8.42 Å². The van der Waals surface area contributed by atoms with Crippen LogP contribution in [0.2, 0.25) is 0 Å².